The van der Waals surface area contributed by atoms with Gasteiger partial charge in [0.25, 0.3) is 5.91 Å². The molecular weight excluding hydrogens is 311 g/mol. The van der Waals surface area contributed by atoms with Crippen LogP contribution in [0.5, 0.6) is 0 Å². The lowest BCUT2D eigenvalue weighted by molar-refractivity contribution is 0.0954. The van der Waals surface area contributed by atoms with E-state index in [1.807, 2.05) is 12.1 Å². The Labute approximate surface area is 138 Å². The van der Waals surface area contributed by atoms with Gasteiger partial charge in [-0.05, 0) is 30.9 Å². The van der Waals surface area contributed by atoms with Crippen molar-refractivity contribution < 1.29 is 4.79 Å². The molecule has 2 rings (SSSR count). The van der Waals surface area contributed by atoms with Crippen molar-refractivity contribution >= 4 is 36.5 Å². The summed E-state index contributed by atoms with van der Waals surface area (Å²) in [4.78, 5) is 18.4. The number of hydrogen-bond acceptors (Lipinski definition) is 4. The second-order valence-corrected chi connectivity index (χ2v) is 5.12. The molecule has 0 saturated carbocycles. The van der Waals surface area contributed by atoms with E-state index in [4.69, 9.17) is 5.73 Å². The van der Waals surface area contributed by atoms with Crippen LogP contribution in [0.1, 0.15) is 30.1 Å². The van der Waals surface area contributed by atoms with Crippen molar-refractivity contribution in [3.05, 3.63) is 23.9 Å². The van der Waals surface area contributed by atoms with Crippen molar-refractivity contribution in [2.75, 3.05) is 31.1 Å². The molecule has 21 heavy (non-hydrogen) atoms. The lowest BCUT2D eigenvalue weighted by Crippen LogP contribution is -2.33. The number of nitrogens with two attached hydrogens (primary N) is 1. The zero-order chi connectivity index (χ0) is 13.7. The Morgan fingerprint density at radius 1 is 1.38 bits per heavy atom. The number of carbonyl (C=O) groups excluding carboxylic acids is 1. The van der Waals surface area contributed by atoms with Crippen LogP contribution in [0.4, 0.5) is 5.82 Å². The van der Waals surface area contributed by atoms with Crippen LogP contribution in [0, 0.1) is 5.92 Å². The fourth-order valence-corrected chi connectivity index (χ4v) is 2.23. The van der Waals surface area contributed by atoms with E-state index in [2.05, 4.69) is 22.1 Å². The smallest absolute Gasteiger partial charge is 0.252 e. The lowest BCUT2D eigenvalue weighted by atomic mass is 9.99. The summed E-state index contributed by atoms with van der Waals surface area (Å²) in [6.45, 7) is 5.32. The number of nitrogens with one attached hydrogen (secondary N) is 1. The minimum atomic E-state index is -0.114. The summed E-state index contributed by atoms with van der Waals surface area (Å²) in [6, 6.07) is 3.75. The van der Waals surface area contributed by atoms with Gasteiger partial charge in [0.05, 0.1) is 5.56 Å². The van der Waals surface area contributed by atoms with E-state index in [0.717, 1.165) is 24.8 Å². The Bertz CT molecular complexity index is 419. The summed E-state index contributed by atoms with van der Waals surface area (Å²) in [5.41, 5.74) is 5.94. The first-order chi connectivity index (χ1) is 9.20. The van der Waals surface area contributed by atoms with Crippen LogP contribution in [0.3, 0.4) is 0 Å². The third-order valence-corrected chi connectivity index (χ3v) is 3.55. The van der Waals surface area contributed by atoms with E-state index in [1.54, 1.807) is 6.20 Å². The summed E-state index contributed by atoms with van der Waals surface area (Å²) in [7, 11) is 0. The van der Waals surface area contributed by atoms with Gasteiger partial charge >= 0.3 is 0 Å². The second kappa shape index (κ2) is 9.82. The molecule has 0 atom stereocenters. The van der Waals surface area contributed by atoms with Crippen LogP contribution in [-0.2, 0) is 0 Å². The highest BCUT2D eigenvalue weighted by atomic mass is 35.5. The zero-order valence-electron chi connectivity index (χ0n) is 12.2. The Morgan fingerprint density at radius 2 is 2.05 bits per heavy atom. The third kappa shape index (κ3) is 5.69. The Morgan fingerprint density at radius 3 is 2.57 bits per heavy atom. The number of aromatic nitrogens is 1. The molecule has 1 saturated heterocycles. The van der Waals surface area contributed by atoms with Gasteiger partial charge in [-0.3, -0.25) is 4.79 Å². The molecule has 120 valence electrons. The molecule has 0 bridgehead atoms. The van der Waals surface area contributed by atoms with E-state index < -0.39 is 0 Å². The summed E-state index contributed by atoms with van der Waals surface area (Å²) >= 11 is 0. The standard InChI is InChI=1S/C14H22N4O.2ClH/c1-11-4-8-18(9-5-11)13-3-2-12(10-17-13)14(19)16-7-6-15;;/h2-3,10-11H,4-9,15H2,1H3,(H,16,19);2*1H. The van der Waals surface area contributed by atoms with Crippen LogP contribution < -0.4 is 16.0 Å². The van der Waals surface area contributed by atoms with Crippen LogP contribution in [-0.4, -0.2) is 37.1 Å². The van der Waals surface area contributed by atoms with E-state index in [-0.39, 0.29) is 30.7 Å². The van der Waals surface area contributed by atoms with E-state index in [1.165, 1.54) is 12.8 Å². The van der Waals surface area contributed by atoms with Crippen molar-refractivity contribution in [3.63, 3.8) is 0 Å². The zero-order valence-corrected chi connectivity index (χ0v) is 13.9. The Kier molecular flexibility index (Phi) is 9.33. The highest BCUT2D eigenvalue weighted by Gasteiger charge is 2.17. The molecule has 0 unspecified atom stereocenters. The fourth-order valence-electron chi connectivity index (χ4n) is 2.23. The fraction of sp³-hybridized carbons (Fsp3) is 0.571. The molecule has 1 aromatic heterocycles. The number of nitrogens with zero attached hydrogens (tertiary/aromatic N) is 2. The molecule has 3 N–H and O–H groups in total. The molecule has 0 spiro atoms. The number of amides is 1. The third-order valence-electron chi connectivity index (χ3n) is 3.55. The maximum Gasteiger partial charge on any atom is 0.252 e. The Hall–Kier alpha value is -1.04. The van der Waals surface area contributed by atoms with Crippen LogP contribution in [0.2, 0.25) is 0 Å². The first kappa shape index (κ1) is 20.0. The number of carbonyl (C=O) groups is 1. The monoisotopic (exact) mass is 334 g/mol. The number of rotatable bonds is 4. The maximum atomic E-state index is 11.7. The quantitative estimate of drug-likeness (QED) is 0.881. The molecule has 1 amide bonds. The first-order valence-electron chi connectivity index (χ1n) is 6.90. The molecule has 7 heteroatoms. The van der Waals surface area contributed by atoms with E-state index in [0.29, 0.717) is 18.7 Å². The molecule has 1 aromatic rings. The number of hydrogen-bond donors (Lipinski definition) is 2. The van der Waals surface area contributed by atoms with Crippen LogP contribution in [0.15, 0.2) is 18.3 Å². The lowest BCUT2D eigenvalue weighted by Gasteiger charge is -2.31. The van der Waals surface area contributed by atoms with Gasteiger partial charge in [0.15, 0.2) is 0 Å². The molecule has 0 aliphatic carbocycles. The molecule has 0 radical (unpaired) electrons. The minimum Gasteiger partial charge on any atom is -0.357 e. The normalized spacial score (nSPS) is 14.9. The first-order valence-corrected chi connectivity index (χ1v) is 6.90. The van der Waals surface area contributed by atoms with Gasteiger partial charge in [-0.2, -0.15) is 0 Å². The van der Waals surface area contributed by atoms with Gasteiger partial charge in [0.1, 0.15) is 5.82 Å². The average Bonchev–Trinajstić information content (AvgIpc) is 2.46. The van der Waals surface area contributed by atoms with Crippen LogP contribution >= 0.6 is 24.8 Å². The van der Waals surface area contributed by atoms with Gasteiger partial charge < -0.3 is 16.0 Å². The summed E-state index contributed by atoms with van der Waals surface area (Å²) in [5.74, 6) is 1.65. The SMILES string of the molecule is CC1CCN(c2ccc(C(=O)NCCN)cn2)CC1.Cl.Cl. The van der Waals surface area contributed by atoms with Crippen molar-refractivity contribution in [2.24, 2.45) is 11.7 Å². The average molecular weight is 335 g/mol. The number of halogens is 2. The van der Waals surface area contributed by atoms with Gasteiger partial charge in [-0.15, -0.1) is 24.8 Å². The molecule has 5 nitrogen and oxygen atoms in total. The van der Waals surface area contributed by atoms with Gasteiger partial charge in [-0.25, -0.2) is 4.98 Å². The maximum absolute atomic E-state index is 11.7. The van der Waals surface area contributed by atoms with Crippen LogP contribution in [0.25, 0.3) is 0 Å². The highest BCUT2D eigenvalue weighted by Crippen LogP contribution is 2.21. The van der Waals surface area contributed by atoms with Crippen molar-refractivity contribution in [3.8, 4) is 0 Å². The van der Waals surface area contributed by atoms with E-state index in [9.17, 15) is 4.79 Å². The number of pyridine rings is 1. The molecular formula is C14H24Cl2N4O. The topological polar surface area (TPSA) is 71.2 Å². The van der Waals surface area contributed by atoms with E-state index >= 15 is 0 Å². The molecule has 1 aliphatic rings. The largest absolute Gasteiger partial charge is 0.357 e. The predicted molar refractivity (Wildman–Crippen MR) is 90.7 cm³/mol. The summed E-state index contributed by atoms with van der Waals surface area (Å²) < 4.78 is 0. The number of anilines is 1. The van der Waals surface area contributed by atoms with Crippen molar-refractivity contribution in [2.45, 2.75) is 19.8 Å². The highest BCUT2D eigenvalue weighted by molar-refractivity contribution is 5.94. The summed E-state index contributed by atoms with van der Waals surface area (Å²) in [6.07, 6.45) is 4.06. The predicted octanol–water partition coefficient (Wildman–Crippen LogP) is 1.85. The van der Waals surface area contributed by atoms with Gasteiger partial charge in [0, 0.05) is 32.4 Å². The molecule has 1 fully saturated rings. The summed E-state index contributed by atoms with van der Waals surface area (Å²) in [5, 5.41) is 2.74. The molecule has 1 aliphatic heterocycles. The molecule has 2 heterocycles. The van der Waals surface area contributed by atoms with Gasteiger partial charge in [0.2, 0.25) is 0 Å². The second-order valence-electron chi connectivity index (χ2n) is 5.12. The minimum absolute atomic E-state index is 0. The van der Waals surface area contributed by atoms with Gasteiger partial charge in [-0.1, -0.05) is 6.92 Å². The Balaban J connectivity index is 0.00000200. The number of piperidine rings is 1. The molecule has 0 aromatic carbocycles. The van der Waals surface area contributed by atoms with Crippen molar-refractivity contribution in [1.29, 1.82) is 0 Å². The van der Waals surface area contributed by atoms with Crippen molar-refractivity contribution in [1.82, 2.24) is 10.3 Å².